The van der Waals surface area contributed by atoms with Gasteiger partial charge in [-0.05, 0) is 29.8 Å². The summed E-state index contributed by atoms with van der Waals surface area (Å²) in [6, 6.07) is 17.9. The van der Waals surface area contributed by atoms with Gasteiger partial charge in [0.25, 0.3) is 0 Å². The van der Waals surface area contributed by atoms with Crippen molar-refractivity contribution in [3.63, 3.8) is 0 Å². The zero-order chi connectivity index (χ0) is 13.8. The predicted molar refractivity (Wildman–Crippen MR) is 81.9 cm³/mol. The first-order valence-electron chi connectivity index (χ1n) is 6.16. The summed E-state index contributed by atoms with van der Waals surface area (Å²) in [5, 5.41) is 11.3. The number of allylic oxidation sites excluding steroid dienone is 1. The lowest BCUT2D eigenvalue weighted by molar-refractivity contribution is 0.582. The molecule has 0 N–H and O–H groups in total. The molecule has 0 radical (unpaired) electrons. The van der Waals surface area contributed by atoms with Gasteiger partial charge < -0.3 is 4.42 Å². The van der Waals surface area contributed by atoms with Crippen LogP contribution in [0, 0.1) is 11.3 Å². The fourth-order valence-electron chi connectivity index (χ4n) is 1.92. The topological polar surface area (TPSA) is 36.9 Å². The smallest absolute Gasteiger partial charge is 0.134 e. The molecule has 3 heteroatoms. The highest BCUT2D eigenvalue weighted by molar-refractivity contribution is 7.11. The van der Waals surface area contributed by atoms with Gasteiger partial charge in [-0.15, -0.1) is 11.3 Å². The molecular weight excluding hydrogens is 266 g/mol. The Morgan fingerprint density at radius 3 is 2.70 bits per heavy atom. The molecule has 0 saturated heterocycles. The van der Waals surface area contributed by atoms with Gasteiger partial charge in [0.1, 0.15) is 11.8 Å². The lowest BCUT2D eigenvalue weighted by Crippen LogP contribution is -1.76. The van der Waals surface area contributed by atoms with Gasteiger partial charge in [0.15, 0.2) is 0 Å². The summed E-state index contributed by atoms with van der Waals surface area (Å²) in [5.74, 6) is 0.824. The van der Waals surface area contributed by atoms with Gasteiger partial charge in [0.05, 0.1) is 11.8 Å². The molecule has 2 nitrogen and oxygen atoms in total. The van der Waals surface area contributed by atoms with Crippen LogP contribution in [0.15, 0.2) is 64.6 Å². The van der Waals surface area contributed by atoms with Gasteiger partial charge in [-0.25, -0.2) is 0 Å². The zero-order valence-electron chi connectivity index (χ0n) is 10.6. The Bertz CT molecular complexity index is 761. The van der Waals surface area contributed by atoms with Crippen molar-refractivity contribution in [1.82, 2.24) is 0 Å². The minimum atomic E-state index is 0.666. The average molecular weight is 277 g/mol. The van der Waals surface area contributed by atoms with Crippen molar-refractivity contribution in [2.24, 2.45) is 0 Å². The molecule has 0 aliphatic rings. The molecule has 1 aromatic carbocycles. The Balaban J connectivity index is 1.95. The van der Waals surface area contributed by atoms with E-state index < -0.39 is 0 Å². The molecule has 0 amide bonds. The van der Waals surface area contributed by atoms with E-state index in [1.165, 1.54) is 0 Å². The molecule has 2 heterocycles. The third-order valence-electron chi connectivity index (χ3n) is 2.90. The second-order valence-electron chi connectivity index (χ2n) is 4.26. The van der Waals surface area contributed by atoms with Crippen molar-refractivity contribution in [3.8, 4) is 17.4 Å². The number of nitrogens with zero attached hydrogens (tertiary/aromatic N) is 1. The Morgan fingerprint density at radius 2 is 2.00 bits per heavy atom. The predicted octanol–water partition coefficient (Wildman–Crippen LogP) is 5.07. The number of thiophene rings is 1. The molecule has 3 aromatic rings. The lowest BCUT2D eigenvalue weighted by atomic mass is 10.1. The SMILES string of the molecule is N#C/C(=C\c1ccccc1)c1cc(-c2ccco2)cs1. The van der Waals surface area contributed by atoms with E-state index in [-0.39, 0.29) is 0 Å². The van der Waals surface area contributed by atoms with Crippen LogP contribution < -0.4 is 0 Å². The van der Waals surface area contributed by atoms with Gasteiger partial charge in [0, 0.05) is 15.8 Å². The highest BCUT2D eigenvalue weighted by Crippen LogP contribution is 2.30. The van der Waals surface area contributed by atoms with Crippen LogP contribution in [0.3, 0.4) is 0 Å². The van der Waals surface area contributed by atoms with Crippen molar-refractivity contribution in [1.29, 1.82) is 5.26 Å². The Kier molecular flexibility index (Phi) is 3.49. The third kappa shape index (κ3) is 2.56. The first-order valence-corrected chi connectivity index (χ1v) is 7.04. The quantitative estimate of drug-likeness (QED) is 0.626. The summed E-state index contributed by atoms with van der Waals surface area (Å²) in [5.41, 5.74) is 2.69. The number of benzene rings is 1. The molecule has 0 saturated carbocycles. The van der Waals surface area contributed by atoms with Crippen LogP contribution in [0.2, 0.25) is 0 Å². The van der Waals surface area contributed by atoms with E-state index in [1.54, 1.807) is 17.6 Å². The largest absolute Gasteiger partial charge is 0.464 e. The average Bonchev–Trinajstić information content (AvgIpc) is 3.16. The monoisotopic (exact) mass is 277 g/mol. The second kappa shape index (κ2) is 5.60. The molecule has 20 heavy (non-hydrogen) atoms. The summed E-state index contributed by atoms with van der Waals surface area (Å²) in [6.07, 6.45) is 3.55. The first-order chi connectivity index (χ1) is 9.86. The van der Waals surface area contributed by atoms with Gasteiger partial charge >= 0.3 is 0 Å². The fourth-order valence-corrected chi connectivity index (χ4v) is 2.79. The minimum absolute atomic E-state index is 0.666. The van der Waals surface area contributed by atoms with Crippen LogP contribution >= 0.6 is 11.3 Å². The molecule has 96 valence electrons. The molecule has 0 unspecified atom stereocenters. The fraction of sp³-hybridized carbons (Fsp3) is 0. The third-order valence-corrected chi connectivity index (χ3v) is 3.87. The lowest BCUT2D eigenvalue weighted by Gasteiger charge is -1.95. The van der Waals surface area contributed by atoms with E-state index in [0.717, 1.165) is 21.8 Å². The van der Waals surface area contributed by atoms with Gasteiger partial charge in [0.2, 0.25) is 0 Å². The Morgan fingerprint density at radius 1 is 1.15 bits per heavy atom. The summed E-state index contributed by atoms with van der Waals surface area (Å²) in [7, 11) is 0. The van der Waals surface area contributed by atoms with Crippen LogP contribution in [0.25, 0.3) is 23.0 Å². The van der Waals surface area contributed by atoms with Crippen LogP contribution in [0.1, 0.15) is 10.4 Å². The van der Waals surface area contributed by atoms with Gasteiger partial charge in [-0.1, -0.05) is 30.3 Å². The summed E-state index contributed by atoms with van der Waals surface area (Å²) < 4.78 is 5.37. The van der Waals surface area contributed by atoms with E-state index in [4.69, 9.17) is 4.42 Å². The maximum absolute atomic E-state index is 9.35. The van der Waals surface area contributed by atoms with Crippen LogP contribution in [0.4, 0.5) is 0 Å². The number of nitriles is 1. The molecule has 0 bridgehead atoms. The highest BCUT2D eigenvalue weighted by Gasteiger charge is 2.08. The first kappa shape index (κ1) is 12.5. The molecular formula is C17H11NOS. The molecule has 2 aromatic heterocycles. The zero-order valence-corrected chi connectivity index (χ0v) is 11.4. The minimum Gasteiger partial charge on any atom is -0.464 e. The van der Waals surface area contributed by atoms with E-state index in [0.29, 0.717) is 5.57 Å². The van der Waals surface area contributed by atoms with Crippen molar-refractivity contribution in [2.75, 3.05) is 0 Å². The summed E-state index contributed by atoms with van der Waals surface area (Å²) in [6.45, 7) is 0. The van der Waals surface area contributed by atoms with E-state index >= 15 is 0 Å². The maximum Gasteiger partial charge on any atom is 0.134 e. The van der Waals surface area contributed by atoms with E-state index in [1.807, 2.05) is 60.0 Å². The molecule has 0 aliphatic carbocycles. The Labute approximate surface area is 121 Å². The molecule has 0 fully saturated rings. The van der Waals surface area contributed by atoms with Crippen LogP contribution in [-0.4, -0.2) is 0 Å². The maximum atomic E-state index is 9.35. The number of hydrogen-bond acceptors (Lipinski definition) is 3. The van der Waals surface area contributed by atoms with Crippen LogP contribution in [-0.2, 0) is 0 Å². The molecule has 3 rings (SSSR count). The van der Waals surface area contributed by atoms with Gasteiger partial charge in [-0.2, -0.15) is 5.26 Å². The molecule has 0 aliphatic heterocycles. The number of hydrogen-bond donors (Lipinski definition) is 0. The number of furan rings is 1. The second-order valence-corrected chi connectivity index (χ2v) is 5.17. The van der Waals surface area contributed by atoms with E-state index in [2.05, 4.69) is 6.07 Å². The Hall–Kier alpha value is -2.57. The normalized spacial score (nSPS) is 11.2. The van der Waals surface area contributed by atoms with E-state index in [9.17, 15) is 5.26 Å². The molecule has 0 spiro atoms. The van der Waals surface area contributed by atoms with Crippen molar-refractivity contribution < 1.29 is 4.42 Å². The van der Waals surface area contributed by atoms with Crippen molar-refractivity contribution >= 4 is 23.0 Å². The van der Waals surface area contributed by atoms with Crippen molar-refractivity contribution in [2.45, 2.75) is 0 Å². The summed E-state index contributed by atoms with van der Waals surface area (Å²) in [4.78, 5) is 0.947. The summed E-state index contributed by atoms with van der Waals surface area (Å²) >= 11 is 1.55. The number of rotatable bonds is 3. The molecule has 0 atom stereocenters. The highest BCUT2D eigenvalue weighted by atomic mass is 32.1. The van der Waals surface area contributed by atoms with Crippen molar-refractivity contribution in [3.05, 3.63) is 70.6 Å². The van der Waals surface area contributed by atoms with Crippen LogP contribution in [0.5, 0.6) is 0 Å². The standard InChI is InChI=1S/C17H11NOS/c18-11-14(9-13-5-2-1-3-6-13)17-10-15(12-20-17)16-7-4-8-19-16/h1-10,12H/b14-9+. The van der Waals surface area contributed by atoms with Gasteiger partial charge in [-0.3, -0.25) is 0 Å².